The van der Waals surface area contributed by atoms with E-state index >= 15 is 0 Å². The molecule has 1 unspecified atom stereocenters. The Balaban J connectivity index is 1.38. The number of ether oxygens (including phenoxy) is 2. The summed E-state index contributed by atoms with van der Waals surface area (Å²) in [7, 11) is 0. The van der Waals surface area contributed by atoms with Crippen LogP contribution in [0.4, 0.5) is 0 Å². The van der Waals surface area contributed by atoms with E-state index in [0.717, 1.165) is 44.3 Å². The standard InChI is InChI=1S/C31H46IN4O5/c1-5-6-13-35(14-8-7-11-32(2,3)4)28(37)20-36-19-25(23-9-10-26-27(16-23)41-22-40-26)29(30(38)39)31(36)17-24(31)18-34-15-12-33-21-34/h9-10,12,15-16,21,24-25,29H,5-8,11,13-14,17-20,22H2,1-4H3,(H,38,39)/q-1/t24-,25+,29-,31?/m0/s1. The third-order valence-electron chi connectivity index (χ3n) is 8.99. The average molecular weight is 682 g/mol. The molecule has 2 fully saturated rings. The molecule has 41 heavy (non-hydrogen) atoms. The van der Waals surface area contributed by atoms with Gasteiger partial charge in [0, 0.05) is 12.4 Å². The molecule has 1 aromatic heterocycles. The van der Waals surface area contributed by atoms with Crippen molar-refractivity contribution >= 4 is 11.9 Å². The second-order valence-corrected chi connectivity index (χ2v) is 24.8. The third-order valence-corrected chi connectivity index (χ3v) is 13.0. The number of halogens is 1. The number of hydrogen-bond acceptors (Lipinski definition) is 6. The SMILES string of the molecule is CCCCN(CCCC[I-](C)(C)C)C(=O)CN1C[C@H](c2ccc3c(c2)OCO3)[C@@H](C(=O)O)C12C[C@H]2Cn1ccnc1. The number of carbonyl (C=O) groups is 2. The van der Waals surface area contributed by atoms with Gasteiger partial charge in [-0.15, -0.1) is 0 Å². The zero-order valence-corrected chi connectivity index (χ0v) is 27.1. The predicted octanol–water partition coefficient (Wildman–Crippen LogP) is 0.629. The molecule has 1 N–H and O–H groups in total. The number of alkyl halides is 4. The van der Waals surface area contributed by atoms with Crippen LogP contribution in [0, 0.1) is 11.8 Å². The molecule has 1 aromatic carbocycles. The van der Waals surface area contributed by atoms with Gasteiger partial charge in [0.2, 0.25) is 6.79 Å². The van der Waals surface area contributed by atoms with Gasteiger partial charge in [-0.3, -0.25) is 0 Å². The number of benzene rings is 1. The number of nitrogens with zero attached hydrogens (tertiary/aromatic N) is 4. The molecule has 5 rings (SSSR count). The van der Waals surface area contributed by atoms with Gasteiger partial charge in [-0.25, -0.2) is 4.98 Å². The van der Waals surface area contributed by atoms with Crippen LogP contribution in [0.25, 0.3) is 0 Å². The van der Waals surface area contributed by atoms with Gasteiger partial charge < -0.3 is 9.47 Å². The van der Waals surface area contributed by atoms with Crippen LogP contribution in [0.5, 0.6) is 11.5 Å². The Hall–Kier alpha value is -2.34. The molecular formula is C31H46IN4O5-. The average Bonchev–Trinajstić information content (AvgIpc) is 3.31. The summed E-state index contributed by atoms with van der Waals surface area (Å²) in [6.07, 6.45) is 10.4. The number of carbonyl (C=O) groups excluding carboxylic acids is 1. The first-order valence-corrected chi connectivity index (χ1v) is 22.8. The van der Waals surface area contributed by atoms with Gasteiger partial charge in [-0.1, -0.05) is 0 Å². The van der Waals surface area contributed by atoms with Crippen molar-refractivity contribution in [3.8, 4) is 11.5 Å². The molecule has 2 aromatic rings. The van der Waals surface area contributed by atoms with Gasteiger partial charge in [-0.2, -0.15) is 0 Å². The predicted molar refractivity (Wildman–Crippen MR) is 154 cm³/mol. The summed E-state index contributed by atoms with van der Waals surface area (Å²) in [6.45, 7) is 5.36. The number of aliphatic carboxylic acids is 1. The summed E-state index contributed by atoms with van der Waals surface area (Å²) in [5.74, 6) is -0.0649. The van der Waals surface area contributed by atoms with Crippen molar-refractivity contribution in [3.63, 3.8) is 0 Å². The molecular weight excluding hydrogens is 635 g/mol. The number of aromatic nitrogens is 2. The number of hydrogen-bond donors (Lipinski definition) is 1. The summed E-state index contributed by atoms with van der Waals surface area (Å²) in [6, 6.07) is 5.77. The van der Waals surface area contributed by atoms with Gasteiger partial charge in [0.1, 0.15) is 0 Å². The summed E-state index contributed by atoms with van der Waals surface area (Å²) < 4.78 is 14.5. The van der Waals surface area contributed by atoms with Crippen molar-refractivity contribution in [3.05, 3.63) is 42.5 Å². The van der Waals surface area contributed by atoms with E-state index in [1.54, 1.807) is 12.5 Å². The van der Waals surface area contributed by atoms with Gasteiger partial charge >= 0.3 is 191 Å². The molecule has 3 aliphatic rings. The van der Waals surface area contributed by atoms with E-state index in [1.165, 1.54) is 10.8 Å². The Kier molecular flexibility index (Phi) is 9.18. The van der Waals surface area contributed by atoms with Crippen molar-refractivity contribution in [1.29, 1.82) is 0 Å². The normalized spacial score (nSPS) is 25.5. The molecule has 0 bridgehead atoms. The summed E-state index contributed by atoms with van der Waals surface area (Å²) >= 11 is -1.53. The van der Waals surface area contributed by atoms with Crippen LogP contribution in [0.2, 0.25) is 0 Å². The Morgan fingerprint density at radius 2 is 1.93 bits per heavy atom. The summed E-state index contributed by atoms with van der Waals surface area (Å²) in [5.41, 5.74) is 0.364. The molecule has 1 spiro atoms. The van der Waals surface area contributed by atoms with E-state index in [9.17, 15) is 14.7 Å². The van der Waals surface area contributed by atoms with Crippen LogP contribution in [0.3, 0.4) is 0 Å². The van der Waals surface area contributed by atoms with Crippen LogP contribution < -0.4 is 27.9 Å². The van der Waals surface area contributed by atoms with Gasteiger partial charge in [-0.05, 0) is 6.07 Å². The van der Waals surface area contributed by atoms with E-state index in [-0.39, 0.29) is 31.1 Å². The number of imidazole rings is 1. The molecule has 1 saturated carbocycles. The molecule has 2 aliphatic heterocycles. The molecule has 3 heterocycles. The van der Waals surface area contributed by atoms with Crippen molar-refractivity contribution in [1.82, 2.24) is 19.4 Å². The number of fused-ring (bicyclic) bond motifs is 1. The fraction of sp³-hybridized carbons (Fsp3) is 0.645. The first kappa shape index (κ1) is 30.1. The number of likely N-dealkylation sites (tertiary alicyclic amines) is 1. The zero-order chi connectivity index (χ0) is 29.2. The summed E-state index contributed by atoms with van der Waals surface area (Å²) in [5, 5.41) is 10.7. The maximum atomic E-state index is 13.9. The fourth-order valence-corrected chi connectivity index (χ4v) is 9.67. The van der Waals surface area contributed by atoms with E-state index < -0.39 is 35.9 Å². The smallest absolute Gasteiger partial charge is 0.245 e. The van der Waals surface area contributed by atoms with Gasteiger partial charge in [0.25, 0.3) is 0 Å². The molecule has 1 aliphatic carbocycles. The Bertz CT molecular complexity index is 1220. The molecule has 9 nitrogen and oxygen atoms in total. The third kappa shape index (κ3) is 6.68. The Labute approximate surface area is 248 Å². The fourth-order valence-electron chi connectivity index (χ4n) is 6.84. The minimum absolute atomic E-state index is 0.123. The van der Waals surface area contributed by atoms with Gasteiger partial charge in [0.15, 0.2) is 11.5 Å². The van der Waals surface area contributed by atoms with Crippen LogP contribution in [0.1, 0.15) is 50.5 Å². The van der Waals surface area contributed by atoms with Crippen molar-refractivity contribution < 1.29 is 42.6 Å². The topological polar surface area (TPSA) is 97.1 Å². The van der Waals surface area contributed by atoms with Crippen molar-refractivity contribution in [2.24, 2.45) is 11.8 Å². The Morgan fingerprint density at radius 3 is 2.63 bits per heavy atom. The number of rotatable bonds is 14. The molecule has 0 radical (unpaired) electrons. The quantitative estimate of drug-likeness (QED) is 0.178. The second kappa shape index (κ2) is 12.5. The van der Waals surface area contributed by atoms with Crippen LogP contribution in [-0.2, 0) is 16.1 Å². The molecule has 228 valence electrons. The number of carboxylic acids is 1. The molecule has 1 amide bonds. The summed E-state index contributed by atoms with van der Waals surface area (Å²) in [4.78, 5) is 42.7. The number of unbranched alkanes of at least 4 members (excludes halogenated alkanes) is 2. The van der Waals surface area contributed by atoms with E-state index in [2.05, 4.69) is 31.6 Å². The number of amides is 1. The van der Waals surface area contributed by atoms with Crippen molar-refractivity contribution in [2.75, 3.05) is 52.2 Å². The monoisotopic (exact) mass is 681 g/mol. The van der Waals surface area contributed by atoms with E-state index in [0.29, 0.717) is 24.6 Å². The zero-order valence-electron chi connectivity index (χ0n) is 24.9. The first-order valence-electron chi connectivity index (χ1n) is 14.8. The Morgan fingerprint density at radius 1 is 1.15 bits per heavy atom. The van der Waals surface area contributed by atoms with Crippen molar-refractivity contribution in [2.45, 2.75) is 57.0 Å². The van der Waals surface area contributed by atoms with Gasteiger partial charge in [0.05, 0.1) is 6.33 Å². The van der Waals surface area contributed by atoms with E-state index in [4.69, 9.17) is 9.47 Å². The molecule has 4 atom stereocenters. The minimum atomic E-state index is -1.53. The maximum absolute atomic E-state index is 13.9. The van der Waals surface area contributed by atoms with Crippen LogP contribution in [-0.4, -0.2) is 94.1 Å². The number of carboxylic acid groups (broad SMARTS) is 1. The van der Waals surface area contributed by atoms with E-state index in [1.807, 2.05) is 33.9 Å². The molecule has 1 saturated heterocycles. The van der Waals surface area contributed by atoms with Crippen LogP contribution in [0.15, 0.2) is 36.9 Å². The minimum Gasteiger partial charge on any atom is -0.245 e. The second-order valence-electron chi connectivity index (χ2n) is 12.6. The molecule has 10 heteroatoms. The van der Waals surface area contributed by atoms with Crippen LogP contribution >= 0.6 is 0 Å². The first-order chi connectivity index (χ1) is 19.6.